The zero-order chi connectivity index (χ0) is 13.1. The van der Waals surface area contributed by atoms with Crippen LogP contribution in [-0.4, -0.2) is 44.2 Å². The van der Waals surface area contributed by atoms with Crippen LogP contribution in [0.3, 0.4) is 0 Å². The van der Waals surface area contributed by atoms with Gasteiger partial charge in [-0.1, -0.05) is 0 Å². The van der Waals surface area contributed by atoms with Crippen LogP contribution in [-0.2, 0) is 14.2 Å². The maximum absolute atomic E-state index is 6.50. The van der Waals surface area contributed by atoms with Crippen LogP contribution in [0, 0.1) is 5.92 Å². The van der Waals surface area contributed by atoms with Gasteiger partial charge in [0.05, 0.1) is 11.7 Å². The van der Waals surface area contributed by atoms with Crippen LogP contribution in [0.2, 0.25) is 0 Å². The lowest BCUT2D eigenvalue weighted by Crippen LogP contribution is -2.52. The lowest BCUT2D eigenvalue weighted by atomic mass is 9.76. The molecule has 0 amide bonds. The molecule has 3 atom stereocenters. The summed E-state index contributed by atoms with van der Waals surface area (Å²) in [6.45, 7) is 3.41. The Hall–Kier alpha value is -0.160. The molecule has 1 spiro atoms. The zero-order valence-electron chi connectivity index (χ0n) is 11.8. The first kappa shape index (κ1) is 13.8. The van der Waals surface area contributed by atoms with Crippen LogP contribution in [0.1, 0.15) is 44.9 Å². The van der Waals surface area contributed by atoms with Crippen molar-refractivity contribution in [3.05, 3.63) is 0 Å². The van der Waals surface area contributed by atoms with Crippen LogP contribution >= 0.6 is 0 Å². The standard InChI is InChI=1S/C15H27NO3/c16-14(13-3-1-2-7-18-13)12-4-8-19-15(11-12)5-9-17-10-6-15/h12-14H,1-11,16H2. The third-order valence-electron chi connectivity index (χ3n) is 5.12. The van der Waals surface area contributed by atoms with Gasteiger partial charge in [0.25, 0.3) is 0 Å². The molecular weight excluding hydrogens is 242 g/mol. The largest absolute Gasteiger partial charge is 0.381 e. The van der Waals surface area contributed by atoms with E-state index in [0.717, 1.165) is 58.5 Å². The van der Waals surface area contributed by atoms with E-state index in [2.05, 4.69) is 0 Å². The van der Waals surface area contributed by atoms with Gasteiger partial charge in [-0.15, -0.1) is 0 Å². The highest BCUT2D eigenvalue weighted by atomic mass is 16.5. The van der Waals surface area contributed by atoms with Crippen molar-refractivity contribution in [1.82, 2.24) is 0 Å². The van der Waals surface area contributed by atoms with Crippen molar-refractivity contribution < 1.29 is 14.2 Å². The summed E-state index contributed by atoms with van der Waals surface area (Å²) in [7, 11) is 0. The fraction of sp³-hybridized carbons (Fsp3) is 1.00. The third-order valence-corrected chi connectivity index (χ3v) is 5.12. The van der Waals surface area contributed by atoms with E-state index < -0.39 is 0 Å². The second-order valence-electron chi connectivity index (χ2n) is 6.38. The minimum atomic E-state index is 0.0491. The van der Waals surface area contributed by atoms with Gasteiger partial charge in [0.1, 0.15) is 0 Å². The SMILES string of the molecule is NC(C1CCOC2(CCOCC2)C1)C1CCCCO1. The average Bonchev–Trinajstić information content (AvgIpc) is 2.48. The second kappa shape index (κ2) is 6.08. The molecule has 0 radical (unpaired) electrons. The summed E-state index contributed by atoms with van der Waals surface area (Å²) in [6.07, 6.45) is 8.10. The number of nitrogens with two attached hydrogens (primary N) is 1. The van der Waals surface area contributed by atoms with Gasteiger partial charge >= 0.3 is 0 Å². The predicted octanol–water partition coefficient (Wildman–Crippen LogP) is 1.86. The van der Waals surface area contributed by atoms with Crippen LogP contribution in [0.4, 0.5) is 0 Å². The Morgan fingerprint density at radius 2 is 1.84 bits per heavy atom. The van der Waals surface area contributed by atoms with Gasteiger partial charge in [0.2, 0.25) is 0 Å². The summed E-state index contributed by atoms with van der Waals surface area (Å²) in [5.41, 5.74) is 6.55. The second-order valence-corrected chi connectivity index (χ2v) is 6.38. The summed E-state index contributed by atoms with van der Waals surface area (Å²) in [4.78, 5) is 0. The first-order valence-electron chi connectivity index (χ1n) is 7.88. The highest BCUT2D eigenvalue weighted by Gasteiger charge is 2.42. The number of rotatable bonds is 2. The fourth-order valence-electron chi connectivity index (χ4n) is 3.86. The van der Waals surface area contributed by atoms with E-state index in [-0.39, 0.29) is 17.7 Å². The molecule has 4 heteroatoms. The normalized spacial score (nSPS) is 37.1. The maximum Gasteiger partial charge on any atom is 0.0729 e. The van der Waals surface area contributed by atoms with E-state index in [4.69, 9.17) is 19.9 Å². The summed E-state index contributed by atoms with van der Waals surface area (Å²) in [6, 6.07) is 0.184. The molecule has 3 heterocycles. The van der Waals surface area contributed by atoms with Gasteiger partial charge in [-0.3, -0.25) is 0 Å². The summed E-state index contributed by atoms with van der Waals surface area (Å²) in [5.74, 6) is 0.551. The fourth-order valence-corrected chi connectivity index (χ4v) is 3.86. The van der Waals surface area contributed by atoms with Crippen molar-refractivity contribution in [3.8, 4) is 0 Å². The van der Waals surface area contributed by atoms with E-state index in [1.165, 1.54) is 12.8 Å². The smallest absolute Gasteiger partial charge is 0.0729 e. The Kier molecular flexibility index (Phi) is 4.42. The summed E-state index contributed by atoms with van der Waals surface area (Å²) >= 11 is 0. The van der Waals surface area contributed by atoms with Crippen molar-refractivity contribution in [2.75, 3.05) is 26.4 Å². The van der Waals surface area contributed by atoms with E-state index in [1.54, 1.807) is 0 Å². The third kappa shape index (κ3) is 3.13. The van der Waals surface area contributed by atoms with Crippen LogP contribution in [0.25, 0.3) is 0 Å². The Morgan fingerprint density at radius 1 is 1.00 bits per heavy atom. The Bertz CT molecular complexity index is 280. The molecule has 19 heavy (non-hydrogen) atoms. The molecule has 3 unspecified atom stereocenters. The highest BCUT2D eigenvalue weighted by molar-refractivity contribution is 4.94. The first-order chi connectivity index (χ1) is 9.29. The quantitative estimate of drug-likeness (QED) is 0.831. The maximum atomic E-state index is 6.50. The lowest BCUT2D eigenvalue weighted by Gasteiger charge is -2.46. The molecule has 3 aliphatic heterocycles. The molecule has 4 nitrogen and oxygen atoms in total. The Labute approximate surface area is 116 Å². The van der Waals surface area contributed by atoms with Crippen molar-refractivity contribution in [2.24, 2.45) is 11.7 Å². The molecule has 3 rings (SSSR count). The molecule has 3 saturated heterocycles. The van der Waals surface area contributed by atoms with Gasteiger partial charge in [0, 0.05) is 32.5 Å². The van der Waals surface area contributed by atoms with E-state index in [0.29, 0.717) is 5.92 Å². The van der Waals surface area contributed by atoms with Crippen molar-refractivity contribution >= 4 is 0 Å². The molecule has 2 N–H and O–H groups in total. The molecule has 0 aromatic rings. The highest BCUT2D eigenvalue weighted by Crippen LogP contribution is 2.39. The lowest BCUT2D eigenvalue weighted by molar-refractivity contribution is -0.154. The topological polar surface area (TPSA) is 53.7 Å². The van der Waals surface area contributed by atoms with Gasteiger partial charge in [-0.2, -0.15) is 0 Å². The van der Waals surface area contributed by atoms with E-state index in [9.17, 15) is 0 Å². The summed E-state index contributed by atoms with van der Waals surface area (Å²) < 4.78 is 17.4. The average molecular weight is 269 g/mol. The number of hydrogen-bond acceptors (Lipinski definition) is 4. The minimum Gasteiger partial charge on any atom is -0.381 e. The van der Waals surface area contributed by atoms with Crippen molar-refractivity contribution in [2.45, 2.75) is 62.7 Å². The number of ether oxygens (including phenoxy) is 3. The Morgan fingerprint density at radius 3 is 2.58 bits per heavy atom. The first-order valence-corrected chi connectivity index (χ1v) is 7.88. The summed E-state index contributed by atoms with van der Waals surface area (Å²) in [5, 5.41) is 0. The van der Waals surface area contributed by atoms with Gasteiger partial charge in [-0.25, -0.2) is 0 Å². The monoisotopic (exact) mass is 269 g/mol. The van der Waals surface area contributed by atoms with Crippen LogP contribution in [0.15, 0.2) is 0 Å². The zero-order valence-corrected chi connectivity index (χ0v) is 11.8. The van der Waals surface area contributed by atoms with Crippen LogP contribution < -0.4 is 5.73 Å². The van der Waals surface area contributed by atoms with Crippen LogP contribution in [0.5, 0.6) is 0 Å². The minimum absolute atomic E-state index is 0.0491. The van der Waals surface area contributed by atoms with E-state index >= 15 is 0 Å². The van der Waals surface area contributed by atoms with Gasteiger partial charge in [0.15, 0.2) is 0 Å². The number of hydrogen-bond donors (Lipinski definition) is 1. The molecule has 0 aliphatic carbocycles. The molecular formula is C15H27NO3. The molecule has 0 saturated carbocycles. The molecule has 3 fully saturated rings. The predicted molar refractivity (Wildman–Crippen MR) is 73.0 cm³/mol. The van der Waals surface area contributed by atoms with Gasteiger partial charge < -0.3 is 19.9 Å². The Balaban J connectivity index is 1.60. The van der Waals surface area contributed by atoms with E-state index in [1.807, 2.05) is 0 Å². The van der Waals surface area contributed by atoms with Gasteiger partial charge in [-0.05, 0) is 50.9 Å². The molecule has 110 valence electrons. The molecule has 0 aromatic carbocycles. The van der Waals surface area contributed by atoms with Crippen molar-refractivity contribution in [1.29, 1.82) is 0 Å². The van der Waals surface area contributed by atoms with Crippen molar-refractivity contribution in [3.63, 3.8) is 0 Å². The molecule has 3 aliphatic rings. The molecule has 0 bridgehead atoms. The molecule has 0 aromatic heterocycles.